The zero-order valence-corrected chi connectivity index (χ0v) is 19.2. The van der Waals surface area contributed by atoms with Crippen LogP contribution in [0, 0.1) is 0 Å². The van der Waals surface area contributed by atoms with Gasteiger partial charge in [-0.05, 0) is 50.7 Å². The Bertz CT molecular complexity index is 1750. The van der Waals surface area contributed by atoms with Crippen LogP contribution in [-0.2, 0) is 12.5 Å². The summed E-state index contributed by atoms with van der Waals surface area (Å²) in [5.41, 5.74) is 10.8. The molecule has 0 N–H and O–H groups in total. The van der Waals surface area contributed by atoms with Gasteiger partial charge in [-0.2, -0.15) is 0 Å². The standard InChI is InChI=1S/C32H25N/c1-32(2)27-14-7-6-11-24(27)25-17-15-21(19-28(25)32)23-12-8-13-26-30-22-10-5-4-9-20(22)16-18-29(30)33(3)31(23)26/h4-19H,1-3H3. The first kappa shape index (κ1) is 18.7. The smallest absolute Gasteiger partial charge is 0.0568 e. The van der Waals surface area contributed by atoms with Crippen LogP contribution in [0.25, 0.3) is 54.8 Å². The molecule has 1 aromatic heterocycles. The SMILES string of the molecule is Cn1c2ccc3ccccc3c2c2cccc(-c3ccc4c(c3)C(C)(C)c3ccccc3-4)c21. The van der Waals surface area contributed by atoms with E-state index in [0.29, 0.717) is 0 Å². The summed E-state index contributed by atoms with van der Waals surface area (Å²) in [4.78, 5) is 0. The third-order valence-electron chi connectivity index (χ3n) is 7.80. The highest BCUT2D eigenvalue weighted by Crippen LogP contribution is 2.50. The van der Waals surface area contributed by atoms with Gasteiger partial charge in [-0.25, -0.2) is 0 Å². The highest BCUT2D eigenvalue weighted by Gasteiger charge is 2.35. The summed E-state index contributed by atoms with van der Waals surface area (Å²) in [6.07, 6.45) is 0. The van der Waals surface area contributed by atoms with Crippen molar-refractivity contribution in [2.75, 3.05) is 0 Å². The monoisotopic (exact) mass is 423 g/mol. The van der Waals surface area contributed by atoms with E-state index in [-0.39, 0.29) is 5.41 Å². The normalized spacial score (nSPS) is 14.2. The number of benzene rings is 5. The van der Waals surface area contributed by atoms with Crippen LogP contribution >= 0.6 is 0 Å². The minimum Gasteiger partial charge on any atom is -0.343 e. The molecule has 0 unspecified atom stereocenters. The third-order valence-corrected chi connectivity index (χ3v) is 7.80. The number of hydrogen-bond acceptors (Lipinski definition) is 0. The zero-order chi connectivity index (χ0) is 22.3. The largest absolute Gasteiger partial charge is 0.343 e. The van der Waals surface area contributed by atoms with Gasteiger partial charge in [0.2, 0.25) is 0 Å². The molecule has 1 nitrogen and oxygen atoms in total. The van der Waals surface area contributed by atoms with Crippen molar-refractivity contribution in [2.45, 2.75) is 19.3 Å². The number of rotatable bonds is 1. The molecular formula is C32H25N. The van der Waals surface area contributed by atoms with Crippen LogP contribution in [0.3, 0.4) is 0 Å². The number of para-hydroxylation sites is 1. The molecule has 1 heteroatoms. The molecule has 0 aliphatic heterocycles. The lowest BCUT2D eigenvalue weighted by Gasteiger charge is -2.22. The molecule has 0 spiro atoms. The lowest BCUT2D eigenvalue weighted by atomic mass is 9.81. The Labute approximate surface area is 193 Å². The Morgan fingerprint density at radius 2 is 1.33 bits per heavy atom. The fourth-order valence-corrected chi connectivity index (χ4v) is 6.15. The maximum atomic E-state index is 2.43. The lowest BCUT2D eigenvalue weighted by molar-refractivity contribution is 0.660. The molecule has 0 amide bonds. The first-order chi connectivity index (χ1) is 16.1. The van der Waals surface area contributed by atoms with E-state index in [4.69, 9.17) is 0 Å². The Hall–Kier alpha value is -3.84. The van der Waals surface area contributed by atoms with Crippen molar-refractivity contribution in [3.8, 4) is 22.3 Å². The molecule has 0 radical (unpaired) electrons. The Morgan fingerprint density at radius 1 is 0.606 bits per heavy atom. The highest BCUT2D eigenvalue weighted by atomic mass is 14.9. The maximum Gasteiger partial charge on any atom is 0.0568 e. The summed E-state index contributed by atoms with van der Waals surface area (Å²) in [5.74, 6) is 0. The van der Waals surface area contributed by atoms with Crippen molar-refractivity contribution in [3.63, 3.8) is 0 Å². The van der Waals surface area contributed by atoms with E-state index < -0.39 is 0 Å². The second-order valence-electron chi connectivity index (χ2n) is 9.87. The zero-order valence-electron chi connectivity index (χ0n) is 19.2. The van der Waals surface area contributed by atoms with Crippen LogP contribution in [-0.4, -0.2) is 4.57 Å². The molecule has 1 aliphatic carbocycles. The van der Waals surface area contributed by atoms with E-state index in [2.05, 4.69) is 123 Å². The Kier molecular flexibility index (Phi) is 3.60. The molecule has 6 aromatic rings. The van der Waals surface area contributed by atoms with E-state index in [9.17, 15) is 0 Å². The topological polar surface area (TPSA) is 4.93 Å². The number of fused-ring (bicyclic) bond motifs is 8. The summed E-state index contributed by atoms with van der Waals surface area (Å²) in [7, 11) is 2.20. The van der Waals surface area contributed by atoms with Crippen molar-refractivity contribution in [3.05, 3.63) is 108 Å². The average Bonchev–Trinajstić information content (AvgIpc) is 3.28. The minimum atomic E-state index is 0.00492. The van der Waals surface area contributed by atoms with Gasteiger partial charge in [0.25, 0.3) is 0 Å². The predicted molar refractivity (Wildman–Crippen MR) is 141 cm³/mol. The third kappa shape index (κ3) is 2.37. The fraction of sp³-hybridized carbons (Fsp3) is 0.125. The Morgan fingerprint density at radius 3 is 2.24 bits per heavy atom. The van der Waals surface area contributed by atoms with Gasteiger partial charge in [-0.3, -0.25) is 0 Å². The molecule has 158 valence electrons. The summed E-state index contributed by atoms with van der Waals surface area (Å²) in [6, 6.07) is 35.9. The van der Waals surface area contributed by atoms with Crippen molar-refractivity contribution in [1.82, 2.24) is 4.57 Å². The number of nitrogens with zero attached hydrogens (tertiary/aromatic N) is 1. The molecule has 0 fully saturated rings. The molecular weight excluding hydrogens is 398 g/mol. The van der Waals surface area contributed by atoms with Crippen LogP contribution in [0.4, 0.5) is 0 Å². The van der Waals surface area contributed by atoms with Crippen LogP contribution in [0.5, 0.6) is 0 Å². The molecule has 0 saturated heterocycles. The molecule has 1 heterocycles. The summed E-state index contributed by atoms with van der Waals surface area (Å²) >= 11 is 0. The van der Waals surface area contributed by atoms with Crippen LogP contribution in [0.1, 0.15) is 25.0 Å². The second-order valence-corrected chi connectivity index (χ2v) is 9.87. The molecule has 0 bridgehead atoms. The van der Waals surface area contributed by atoms with Crippen LogP contribution in [0.15, 0.2) is 97.1 Å². The van der Waals surface area contributed by atoms with E-state index >= 15 is 0 Å². The first-order valence-electron chi connectivity index (χ1n) is 11.7. The quantitative estimate of drug-likeness (QED) is 0.250. The number of hydrogen-bond donors (Lipinski definition) is 0. The van der Waals surface area contributed by atoms with E-state index in [1.807, 2.05) is 0 Å². The van der Waals surface area contributed by atoms with Gasteiger partial charge in [0, 0.05) is 34.3 Å². The number of aryl methyl sites for hydroxylation is 1. The molecule has 0 saturated carbocycles. The van der Waals surface area contributed by atoms with Crippen LogP contribution < -0.4 is 0 Å². The van der Waals surface area contributed by atoms with Gasteiger partial charge >= 0.3 is 0 Å². The van der Waals surface area contributed by atoms with Gasteiger partial charge < -0.3 is 4.57 Å². The van der Waals surface area contributed by atoms with Gasteiger partial charge in [-0.15, -0.1) is 0 Å². The average molecular weight is 424 g/mol. The van der Waals surface area contributed by atoms with Gasteiger partial charge in [0.05, 0.1) is 5.52 Å². The summed E-state index contributed by atoms with van der Waals surface area (Å²) in [5, 5.41) is 5.29. The molecule has 33 heavy (non-hydrogen) atoms. The summed E-state index contributed by atoms with van der Waals surface area (Å²) in [6.45, 7) is 4.70. The van der Waals surface area contributed by atoms with E-state index in [0.717, 1.165) is 0 Å². The van der Waals surface area contributed by atoms with Crippen molar-refractivity contribution in [2.24, 2.45) is 7.05 Å². The molecule has 5 aromatic carbocycles. The molecule has 0 atom stereocenters. The maximum absolute atomic E-state index is 2.43. The Balaban J connectivity index is 1.53. The molecule has 7 rings (SSSR count). The van der Waals surface area contributed by atoms with Gasteiger partial charge in [-0.1, -0.05) is 98.8 Å². The highest BCUT2D eigenvalue weighted by molar-refractivity contribution is 6.22. The van der Waals surface area contributed by atoms with E-state index in [1.54, 1.807) is 0 Å². The predicted octanol–water partition coefficient (Wildman–Crippen LogP) is 8.46. The van der Waals surface area contributed by atoms with E-state index in [1.165, 1.54) is 66.0 Å². The fourth-order valence-electron chi connectivity index (χ4n) is 6.15. The summed E-state index contributed by atoms with van der Waals surface area (Å²) < 4.78 is 2.37. The van der Waals surface area contributed by atoms with Gasteiger partial charge in [0.1, 0.15) is 0 Å². The van der Waals surface area contributed by atoms with Gasteiger partial charge in [0.15, 0.2) is 0 Å². The molecule has 1 aliphatic rings. The minimum absolute atomic E-state index is 0.00492. The first-order valence-corrected chi connectivity index (χ1v) is 11.7. The second kappa shape index (κ2) is 6.36. The van der Waals surface area contributed by atoms with Crippen LogP contribution in [0.2, 0.25) is 0 Å². The number of aromatic nitrogens is 1. The van der Waals surface area contributed by atoms with Crippen molar-refractivity contribution < 1.29 is 0 Å². The van der Waals surface area contributed by atoms with Crippen molar-refractivity contribution in [1.29, 1.82) is 0 Å². The van der Waals surface area contributed by atoms with Crippen molar-refractivity contribution >= 4 is 32.6 Å². The lowest BCUT2D eigenvalue weighted by Crippen LogP contribution is -2.14.